The summed E-state index contributed by atoms with van der Waals surface area (Å²) < 4.78 is 23.0. The first-order chi connectivity index (χ1) is 7.74. The Bertz CT molecular complexity index is 501. The molecular formula is C10H8ClFN2O2. The summed E-state index contributed by atoms with van der Waals surface area (Å²) in [5, 5.41) is 3.68. The molecule has 0 unspecified atom stereocenters. The van der Waals surface area contributed by atoms with Gasteiger partial charge in [0.1, 0.15) is 5.88 Å². The molecule has 0 bridgehead atoms. The van der Waals surface area contributed by atoms with Crippen LogP contribution in [0, 0.1) is 5.82 Å². The third kappa shape index (κ3) is 1.99. The maximum absolute atomic E-state index is 13.4. The van der Waals surface area contributed by atoms with Gasteiger partial charge in [-0.15, -0.1) is 11.6 Å². The molecule has 0 radical (unpaired) electrons. The first-order valence-corrected chi connectivity index (χ1v) is 5.00. The first kappa shape index (κ1) is 10.9. The lowest BCUT2D eigenvalue weighted by Crippen LogP contribution is -1.89. The summed E-state index contributed by atoms with van der Waals surface area (Å²) in [5.41, 5.74) is 0.512. The SMILES string of the molecule is COc1ccc(-c2noc(CCl)n2)cc1F. The van der Waals surface area contributed by atoms with Crippen molar-refractivity contribution in [3.63, 3.8) is 0 Å². The maximum Gasteiger partial charge on any atom is 0.241 e. The Kier molecular flexibility index (Phi) is 3.05. The van der Waals surface area contributed by atoms with Gasteiger partial charge in [0.05, 0.1) is 7.11 Å². The predicted octanol–water partition coefficient (Wildman–Crippen LogP) is 2.62. The number of methoxy groups -OCH3 is 1. The molecule has 16 heavy (non-hydrogen) atoms. The highest BCUT2D eigenvalue weighted by atomic mass is 35.5. The quantitative estimate of drug-likeness (QED) is 0.777. The van der Waals surface area contributed by atoms with Gasteiger partial charge in [0, 0.05) is 5.56 Å². The van der Waals surface area contributed by atoms with Crippen LogP contribution in [0.5, 0.6) is 5.75 Å². The van der Waals surface area contributed by atoms with Crippen molar-refractivity contribution >= 4 is 11.6 Å². The lowest BCUT2D eigenvalue weighted by Gasteiger charge is -2.01. The highest BCUT2D eigenvalue weighted by Gasteiger charge is 2.10. The van der Waals surface area contributed by atoms with Crippen molar-refractivity contribution in [1.82, 2.24) is 10.1 Å². The van der Waals surface area contributed by atoms with E-state index in [1.54, 1.807) is 6.07 Å². The van der Waals surface area contributed by atoms with E-state index in [-0.39, 0.29) is 11.6 Å². The van der Waals surface area contributed by atoms with Gasteiger partial charge >= 0.3 is 0 Å². The van der Waals surface area contributed by atoms with Crippen LogP contribution in [0.25, 0.3) is 11.4 Å². The zero-order valence-electron chi connectivity index (χ0n) is 8.41. The largest absolute Gasteiger partial charge is 0.494 e. The van der Waals surface area contributed by atoms with Crippen LogP contribution in [0.1, 0.15) is 5.89 Å². The smallest absolute Gasteiger partial charge is 0.241 e. The summed E-state index contributed by atoms with van der Waals surface area (Å²) >= 11 is 5.52. The van der Waals surface area contributed by atoms with Crippen molar-refractivity contribution in [3.8, 4) is 17.1 Å². The summed E-state index contributed by atoms with van der Waals surface area (Å²) in [4.78, 5) is 3.98. The Morgan fingerprint density at radius 3 is 2.88 bits per heavy atom. The molecule has 84 valence electrons. The van der Waals surface area contributed by atoms with Gasteiger partial charge in [0.15, 0.2) is 11.6 Å². The van der Waals surface area contributed by atoms with E-state index in [0.717, 1.165) is 0 Å². The van der Waals surface area contributed by atoms with Crippen LogP contribution in [0.15, 0.2) is 22.7 Å². The third-order valence-corrected chi connectivity index (χ3v) is 2.22. The van der Waals surface area contributed by atoms with Crippen LogP contribution in [0.2, 0.25) is 0 Å². The van der Waals surface area contributed by atoms with Crippen LogP contribution in [-0.2, 0) is 5.88 Å². The molecule has 0 saturated carbocycles. The molecule has 0 saturated heterocycles. The Labute approximate surface area is 96.0 Å². The number of benzene rings is 1. The number of rotatable bonds is 3. The molecule has 1 aromatic carbocycles. The van der Waals surface area contributed by atoms with Gasteiger partial charge in [-0.2, -0.15) is 4.98 Å². The van der Waals surface area contributed by atoms with Gasteiger partial charge in [-0.1, -0.05) is 5.16 Å². The van der Waals surface area contributed by atoms with Crippen molar-refractivity contribution in [2.24, 2.45) is 0 Å². The molecule has 1 heterocycles. The van der Waals surface area contributed by atoms with Crippen LogP contribution in [0.3, 0.4) is 0 Å². The summed E-state index contributed by atoms with van der Waals surface area (Å²) in [6, 6.07) is 4.42. The van der Waals surface area contributed by atoms with Gasteiger partial charge in [0.25, 0.3) is 0 Å². The number of hydrogen-bond acceptors (Lipinski definition) is 4. The monoisotopic (exact) mass is 242 g/mol. The number of aromatic nitrogens is 2. The molecule has 0 aliphatic heterocycles. The number of nitrogens with zero attached hydrogens (tertiary/aromatic N) is 2. The van der Waals surface area contributed by atoms with E-state index < -0.39 is 5.82 Å². The summed E-state index contributed by atoms with van der Waals surface area (Å²) in [6.45, 7) is 0. The fraction of sp³-hybridized carbons (Fsp3) is 0.200. The lowest BCUT2D eigenvalue weighted by molar-refractivity contribution is 0.386. The molecule has 0 atom stereocenters. The van der Waals surface area contributed by atoms with E-state index in [0.29, 0.717) is 17.3 Å². The average Bonchev–Trinajstić information content (AvgIpc) is 2.77. The summed E-state index contributed by atoms with van der Waals surface area (Å²) in [7, 11) is 1.40. The molecule has 0 aliphatic rings. The zero-order valence-corrected chi connectivity index (χ0v) is 9.16. The van der Waals surface area contributed by atoms with Crippen molar-refractivity contribution in [2.75, 3.05) is 7.11 Å². The average molecular weight is 243 g/mol. The van der Waals surface area contributed by atoms with E-state index in [1.807, 2.05) is 0 Å². The van der Waals surface area contributed by atoms with Gasteiger partial charge in [0.2, 0.25) is 11.7 Å². The van der Waals surface area contributed by atoms with E-state index in [4.69, 9.17) is 20.9 Å². The van der Waals surface area contributed by atoms with Crippen molar-refractivity contribution in [2.45, 2.75) is 5.88 Å². The van der Waals surface area contributed by atoms with E-state index in [2.05, 4.69) is 10.1 Å². The topological polar surface area (TPSA) is 48.2 Å². The number of ether oxygens (including phenoxy) is 1. The molecule has 2 rings (SSSR count). The Hall–Kier alpha value is -1.62. The van der Waals surface area contributed by atoms with E-state index in [9.17, 15) is 4.39 Å². The normalized spacial score (nSPS) is 10.4. The Morgan fingerprint density at radius 2 is 2.31 bits per heavy atom. The number of alkyl halides is 1. The van der Waals surface area contributed by atoms with Crippen molar-refractivity contribution in [3.05, 3.63) is 29.9 Å². The van der Waals surface area contributed by atoms with E-state index in [1.165, 1.54) is 19.2 Å². The minimum absolute atomic E-state index is 0.131. The summed E-state index contributed by atoms with van der Waals surface area (Å²) in [5.74, 6) is 0.429. The highest BCUT2D eigenvalue weighted by molar-refractivity contribution is 6.16. The fourth-order valence-corrected chi connectivity index (χ4v) is 1.34. The van der Waals surface area contributed by atoms with Gasteiger partial charge < -0.3 is 9.26 Å². The highest BCUT2D eigenvalue weighted by Crippen LogP contribution is 2.23. The van der Waals surface area contributed by atoms with Crippen LogP contribution in [-0.4, -0.2) is 17.3 Å². The number of halogens is 2. The van der Waals surface area contributed by atoms with Crippen LogP contribution in [0.4, 0.5) is 4.39 Å². The van der Waals surface area contributed by atoms with Gasteiger partial charge in [-0.25, -0.2) is 4.39 Å². The fourth-order valence-electron chi connectivity index (χ4n) is 1.23. The molecule has 4 nitrogen and oxygen atoms in total. The molecule has 0 aliphatic carbocycles. The molecular weight excluding hydrogens is 235 g/mol. The van der Waals surface area contributed by atoms with Gasteiger partial charge in [-0.05, 0) is 18.2 Å². The van der Waals surface area contributed by atoms with Crippen LogP contribution >= 0.6 is 11.6 Å². The molecule has 6 heteroatoms. The predicted molar refractivity (Wildman–Crippen MR) is 55.8 cm³/mol. The number of hydrogen-bond donors (Lipinski definition) is 0. The second-order valence-corrected chi connectivity index (χ2v) is 3.26. The second kappa shape index (κ2) is 4.49. The second-order valence-electron chi connectivity index (χ2n) is 2.99. The van der Waals surface area contributed by atoms with Crippen LogP contribution < -0.4 is 4.74 Å². The molecule has 0 amide bonds. The Morgan fingerprint density at radius 1 is 1.50 bits per heavy atom. The first-order valence-electron chi connectivity index (χ1n) is 4.47. The van der Waals surface area contributed by atoms with Crippen molar-refractivity contribution < 1.29 is 13.7 Å². The minimum atomic E-state index is -0.475. The zero-order chi connectivity index (χ0) is 11.5. The molecule has 0 spiro atoms. The van der Waals surface area contributed by atoms with Crippen molar-refractivity contribution in [1.29, 1.82) is 0 Å². The van der Waals surface area contributed by atoms with Gasteiger partial charge in [-0.3, -0.25) is 0 Å². The maximum atomic E-state index is 13.4. The van der Waals surface area contributed by atoms with E-state index >= 15 is 0 Å². The lowest BCUT2D eigenvalue weighted by atomic mass is 10.2. The molecule has 1 aromatic heterocycles. The third-order valence-electron chi connectivity index (χ3n) is 1.99. The standard InChI is InChI=1S/C10H8ClFN2O2/c1-15-8-3-2-6(4-7(8)12)10-13-9(5-11)16-14-10/h2-4H,5H2,1H3. The molecule has 0 N–H and O–H groups in total. The minimum Gasteiger partial charge on any atom is -0.494 e. The summed E-state index contributed by atoms with van der Waals surface area (Å²) in [6.07, 6.45) is 0. The molecule has 2 aromatic rings. The Balaban J connectivity index is 2.37. The molecule has 0 fully saturated rings.